The second kappa shape index (κ2) is 6.12. The first-order valence-electron chi connectivity index (χ1n) is 8.07. The summed E-state index contributed by atoms with van der Waals surface area (Å²) in [4.78, 5) is 4.18. The Bertz CT molecular complexity index is 885. The highest BCUT2D eigenvalue weighted by molar-refractivity contribution is 7.89. The van der Waals surface area contributed by atoms with Crippen LogP contribution < -0.4 is 0 Å². The molecule has 2 rings (SSSR count). The molecule has 0 amide bonds. The Labute approximate surface area is 149 Å². The van der Waals surface area contributed by atoms with E-state index in [9.17, 15) is 13.5 Å². The lowest BCUT2D eigenvalue weighted by atomic mass is 9.78. The maximum atomic E-state index is 11.4. The van der Waals surface area contributed by atoms with E-state index in [-0.39, 0.29) is 34.0 Å². The summed E-state index contributed by atoms with van der Waals surface area (Å²) in [5, 5.41) is 14.4. The first-order chi connectivity index (χ1) is 11.2. The summed E-state index contributed by atoms with van der Waals surface area (Å²) in [6.07, 6.45) is 1.11. The third-order valence-corrected chi connectivity index (χ3v) is 4.65. The van der Waals surface area contributed by atoms with Crippen LogP contribution in [0.2, 0.25) is 0 Å². The summed E-state index contributed by atoms with van der Waals surface area (Å²) in [7, 11) is -3.27. The molecule has 0 aliphatic carbocycles. The van der Waals surface area contributed by atoms with Crippen LogP contribution in [0.25, 0.3) is 11.5 Å². The largest absolute Gasteiger partial charge is 0.507 e. The van der Waals surface area contributed by atoms with Crippen molar-refractivity contribution in [2.24, 2.45) is 0 Å². The number of hydrogen-bond donors (Lipinski definition) is 1. The molecule has 0 fully saturated rings. The van der Waals surface area contributed by atoms with Gasteiger partial charge in [-0.2, -0.15) is 4.98 Å². The molecule has 0 bridgehead atoms. The fraction of sp³-hybridized carbons (Fsp3) is 0.556. The molecule has 25 heavy (non-hydrogen) atoms. The third-order valence-electron chi connectivity index (χ3n) is 3.86. The normalized spacial score (nSPS) is 13.2. The Morgan fingerprint density at radius 2 is 1.68 bits per heavy atom. The van der Waals surface area contributed by atoms with Gasteiger partial charge in [0.2, 0.25) is 0 Å². The minimum absolute atomic E-state index is 0.0481. The molecule has 0 aliphatic rings. The molecule has 138 valence electrons. The van der Waals surface area contributed by atoms with Crippen molar-refractivity contribution >= 4 is 9.84 Å². The summed E-state index contributed by atoms with van der Waals surface area (Å²) < 4.78 is 28.1. The number of rotatable bonds is 3. The van der Waals surface area contributed by atoms with E-state index in [0.29, 0.717) is 5.56 Å². The Kier molecular flexibility index (Phi) is 4.76. The van der Waals surface area contributed by atoms with Crippen LogP contribution in [0.5, 0.6) is 5.75 Å². The number of nitrogens with zero attached hydrogens (tertiary/aromatic N) is 2. The summed E-state index contributed by atoms with van der Waals surface area (Å²) in [5.41, 5.74) is 1.90. The van der Waals surface area contributed by atoms with E-state index in [1.165, 1.54) is 0 Å². The van der Waals surface area contributed by atoms with Gasteiger partial charge in [0, 0.05) is 6.26 Å². The van der Waals surface area contributed by atoms with Gasteiger partial charge in [-0.25, -0.2) is 8.42 Å². The Morgan fingerprint density at radius 3 is 2.16 bits per heavy atom. The lowest BCUT2D eigenvalue weighted by Gasteiger charge is -2.27. The van der Waals surface area contributed by atoms with Crippen LogP contribution in [-0.4, -0.2) is 29.9 Å². The van der Waals surface area contributed by atoms with Gasteiger partial charge < -0.3 is 9.63 Å². The number of phenols is 1. The molecule has 0 aliphatic heterocycles. The topological polar surface area (TPSA) is 93.3 Å². The molecule has 6 nitrogen and oxygen atoms in total. The van der Waals surface area contributed by atoms with E-state index in [1.54, 1.807) is 6.07 Å². The zero-order chi connectivity index (χ0) is 19.2. The van der Waals surface area contributed by atoms with Crippen molar-refractivity contribution in [3.8, 4) is 17.2 Å². The molecule has 2 aromatic rings. The molecule has 7 heteroatoms. The Hall–Kier alpha value is -1.89. The lowest BCUT2D eigenvalue weighted by Crippen LogP contribution is -2.17. The van der Waals surface area contributed by atoms with E-state index >= 15 is 0 Å². The number of benzene rings is 1. The lowest BCUT2D eigenvalue weighted by molar-refractivity contribution is 0.416. The van der Waals surface area contributed by atoms with Gasteiger partial charge in [0.1, 0.15) is 11.5 Å². The van der Waals surface area contributed by atoms with Crippen molar-refractivity contribution in [1.82, 2.24) is 10.1 Å². The number of hydrogen-bond acceptors (Lipinski definition) is 6. The van der Waals surface area contributed by atoms with E-state index in [1.807, 2.05) is 26.8 Å². The second-order valence-corrected chi connectivity index (χ2v) is 10.6. The van der Waals surface area contributed by atoms with Crippen molar-refractivity contribution in [2.45, 2.75) is 58.1 Å². The minimum Gasteiger partial charge on any atom is -0.507 e. The zero-order valence-electron chi connectivity index (χ0n) is 15.8. The molecular weight excluding hydrogens is 340 g/mol. The fourth-order valence-electron chi connectivity index (χ4n) is 2.52. The van der Waals surface area contributed by atoms with Crippen molar-refractivity contribution in [3.63, 3.8) is 0 Å². The first-order valence-corrected chi connectivity index (χ1v) is 10.1. The standard InChI is InChI=1S/C18H26N2O4S/c1-17(2,3)11-8-12(18(4,5)6)15(13(21)9-11)16-19-14(20-24-16)10-25(7,22)23/h8-9,21H,10H2,1-7H3. The highest BCUT2D eigenvalue weighted by Gasteiger charge is 2.28. The molecule has 0 saturated heterocycles. The molecule has 0 radical (unpaired) electrons. The van der Waals surface area contributed by atoms with Gasteiger partial charge in [-0.15, -0.1) is 0 Å². The van der Waals surface area contributed by atoms with E-state index < -0.39 is 9.84 Å². The molecule has 1 N–H and O–H groups in total. The van der Waals surface area contributed by atoms with Gasteiger partial charge in [-0.3, -0.25) is 0 Å². The quantitative estimate of drug-likeness (QED) is 0.892. The van der Waals surface area contributed by atoms with Crippen LogP contribution in [0.15, 0.2) is 16.7 Å². The molecule has 0 spiro atoms. The Balaban J connectivity index is 2.65. The molecule has 1 heterocycles. The van der Waals surface area contributed by atoms with E-state index in [4.69, 9.17) is 4.52 Å². The van der Waals surface area contributed by atoms with Gasteiger partial charge in [0.05, 0.1) is 5.56 Å². The summed E-state index contributed by atoms with van der Waals surface area (Å²) >= 11 is 0. The van der Waals surface area contributed by atoms with Crippen LogP contribution >= 0.6 is 0 Å². The molecule has 1 aromatic carbocycles. The van der Waals surface area contributed by atoms with Gasteiger partial charge in [-0.05, 0) is 28.0 Å². The fourth-order valence-corrected chi connectivity index (χ4v) is 3.11. The van der Waals surface area contributed by atoms with E-state index in [0.717, 1.165) is 17.4 Å². The van der Waals surface area contributed by atoms with Crippen LogP contribution in [-0.2, 0) is 26.4 Å². The smallest absolute Gasteiger partial charge is 0.262 e. The summed E-state index contributed by atoms with van der Waals surface area (Å²) in [6.45, 7) is 12.3. The van der Waals surface area contributed by atoms with Gasteiger partial charge in [0.25, 0.3) is 5.89 Å². The van der Waals surface area contributed by atoms with Crippen molar-refractivity contribution < 1.29 is 18.0 Å². The van der Waals surface area contributed by atoms with E-state index in [2.05, 4.69) is 30.9 Å². The number of aromatic nitrogens is 2. The monoisotopic (exact) mass is 366 g/mol. The Morgan fingerprint density at radius 1 is 1.08 bits per heavy atom. The van der Waals surface area contributed by atoms with Crippen molar-refractivity contribution in [3.05, 3.63) is 29.1 Å². The predicted molar refractivity (Wildman–Crippen MR) is 97.3 cm³/mol. The van der Waals surface area contributed by atoms with Crippen molar-refractivity contribution in [2.75, 3.05) is 6.26 Å². The molecule has 1 aromatic heterocycles. The van der Waals surface area contributed by atoms with Gasteiger partial charge in [0.15, 0.2) is 15.7 Å². The molecular formula is C18H26N2O4S. The summed E-state index contributed by atoms with van der Waals surface area (Å²) in [5.74, 6) is -0.0487. The van der Waals surface area contributed by atoms with Gasteiger partial charge >= 0.3 is 0 Å². The number of sulfone groups is 1. The second-order valence-electron chi connectivity index (χ2n) is 8.50. The first kappa shape index (κ1) is 19.4. The maximum absolute atomic E-state index is 11.4. The van der Waals surface area contributed by atoms with Crippen LogP contribution in [0.4, 0.5) is 0 Å². The summed E-state index contributed by atoms with van der Waals surface area (Å²) in [6, 6.07) is 3.74. The highest BCUT2D eigenvalue weighted by Crippen LogP contribution is 2.41. The average molecular weight is 366 g/mol. The minimum atomic E-state index is -3.27. The highest BCUT2D eigenvalue weighted by atomic mass is 32.2. The predicted octanol–water partition coefficient (Wildman–Crippen LogP) is 3.58. The average Bonchev–Trinajstić information content (AvgIpc) is 2.81. The SMILES string of the molecule is CC(C)(C)c1cc(O)c(-c2nc(CS(C)(=O)=O)no2)c(C(C)(C)C)c1. The zero-order valence-corrected chi connectivity index (χ0v) is 16.7. The molecule has 0 atom stereocenters. The maximum Gasteiger partial charge on any atom is 0.262 e. The van der Waals surface area contributed by atoms with Crippen LogP contribution in [0.3, 0.4) is 0 Å². The van der Waals surface area contributed by atoms with Crippen molar-refractivity contribution in [1.29, 1.82) is 0 Å². The number of aromatic hydroxyl groups is 1. The third kappa shape index (κ3) is 4.60. The number of phenolic OH excluding ortho intramolecular Hbond substituents is 1. The van der Waals surface area contributed by atoms with Crippen LogP contribution in [0, 0.1) is 0 Å². The van der Waals surface area contributed by atoms with Crippen LogP contribution in [0.1, 0.15) is 58.5 Å². The molecule has 0 unspecified atom stereocenters. The molecule has 0 saturated carbocycles. The van der Waals surface area contributed by atoms with Gasteiger partial charge in [-0.1, -0.05) is 52.8 Å².